The normalized spacial score (nSPS) is 11.7. The van der Waals surface area contributed by atoms with Gasteiger partial charge in [-0.2, -0.15) is 0 Å². The summed E-state index contributed by atoms with van der Waals surface area (Å²) in [5, 5.41) is 16.2. The molecule has 0 radical (unpaired) electrons. The van der Waals surface area contributed by atoms with Gasteiger partial charge in [0, 0.05) is 11.1 Å². The van der Waals surface area contributed by atoms with E-state index in [1.54, 1.807) is 10.7 Å². The first-order valence-corrected chi connectivity index (χ1v) is 9.88. The zero-order valence-corrected chi connectivity index (χ0v) is 16.9. The Hall–Kier alpha value is -4.33. The van der Waals surface area contributed by atoms with Crippen LogP contribution in [0, 0.1) is 5.82 Å². The van der Waals surface area contributed by atoms with E-state index in [0.717, 1.165) is 5.56 Å². The van der Waals surface area contributed by atoms with Crippen LogP contribution in [0.4, 0.5) is 4.39 Å². The molecule has 8 heteroatoms. The minimum absolute atomic E-state index is 0.0778. The van der Waals surface area contributed by atoms with Gasteiger partial charge in [-0.05, 0) is 18.2 Å². The number of nitrogens with one attached hydrogen (secondary N) is 1. The third-order valence-corrected chi connectivity index (χ3v) is 4.81. The van der Waals surface area contributed by atoms with Crippen LogP contribution in [-0.4, -0.2) is 31.7 Å². The van der Waals surface area contributed by atoms with Crippen LogP contribution in [-0.2, 0) is 4.79 Å². The highest BCUT2D eigenvalue weighted by atomic mass is 19.1. The van der Waals surface area contributed by atoms with E-state index in [-0.39, 0.29) is 11.4 Å². The number of halogens is 1. The van der Waals surface area contributed by atoms with Crippen molar-refractivity contribution in [3.63, 3.8) is 0 Å². The molecule has 4 rings (SSSR count). The highest BCUT2D eigenvalue weighted by Crippen LogP contribution is 2.23. The van der Waals surface area contributed by atoms with E-state index in [1.165, 1.54) is 18.2 Å². The molecular weight excluding hydrogens is 411 g/mol. The molecule has 3 aromatic carbocycles. The van der Waals surface area contributed by atoms with Crippen LogP contribution in [0.25, 0.3) is 17.1 Å². The van der Waals surface area contributed by atoms with Crippen molar-refractivity contribution >= 4 is 11.9 Å². The van der Waals surface area contributed by atoms with Gasteiger partial charge >= 0.3 is 5.97 Å². The number of amides is 1. The van der Waals surface area contributed by atoms with Gasteiger partial charge in [-0.3, -0.25) is 9.59 Å². The summed E-state index contributed by atoms with van der Waals surface area (Å²) in [5.74, 6) is -2.19. The second-order valence-corrected chi connectivity index (χ2v) is 7.02. The van der Waals surface area contributed by atoms with Crippen molar-refractivity contribution in [1.29, 1.82) is 0 Å². The highest BCUT2D eigenvalue weighted by Gasteiger charge is 2.25. The molecule has 0 aliphatic rings. The molecule has 1 atom stereocenters. The van der Waals surface area contributed by atoms with E-state index < -0.39 is 30.2 Å². The zero-order chi connectivity index (χ0) is 22.5. The Labute approximate surface area is 183 Å². The van der Waals surface area contributed by atoms with Gasteiger partial charge in [0.2, 0.25) is 5.82 Å². The number of carbonyl (C=O) groups is 2. The summed E-state index contributed by atoms with van der Waals surface area (Å²) in [6, 6.07) is 23.1. The van der Waals surface area contributed by atoms with Gasteiger partial charge in [0.25, 0.3) is 5.91 Å². The monoisotopic (exact) mass is 430 g/mol. The summed E-state index contributed by atoms with van der Waals surface area (Å²) < 4.78 is 15.8. The summed E-state index contributed by atoms with van der Waals surface area (Å²) in [5.41, 5.74) is 1.53. The smallest absolute Gasteiger partial charge is 0.305 e. The maximum absolute atomic E-state index is 14.3. The average Bonchev–Trinajstić information content (AvgIpc) is 3.26. The Balaban J connectivity index is 1.71. The number of aromatic nitrogens is 3. The van der Waals surface area contributed by atoms with Gasteiger partial charge in [0.1, 0.15) is 5.82 Å². The predicted molar refractivity (Wildman–Crippen MR) is 116 cm³/mol. The molecule has 1 heterocycles. The number of carboxylic acids is 1. The molecule has 1 unspecified atom stereocenters. The van der Waals surface area contributed by atoms with Crippen molar-refractivity contribution < 1.29 is 19.1 Å². The summed E-state index contributed by atoms with van der Waals surface area (Å²) >= 11 is 0. The van der Waals surface area contributed by atoms with Crippen LogP contribution in [0.3, 0.4) is 0 Å². The Morgan fingerprint density at radius 3 is 2.22 bits per heavy atom. The van der Waals surface area contributed by atoms with Gasteiger partial charge in [0.15, 0.2) is 5.82 Å². The third kappa shape index (κ3) is 4.54. The molecule has 32 heavy (non-hydrogen) atoms. The lowest BCUT2D eigenvalue weighted by molar-refractivity contribution is -0.137. The Bertz CT molecular complexity index is 1190. The van der Waals surface area contributed by atoms with Crippen LogP contribution in [0.5, 0.6) is 0 Å². The van der Waals surface area contributed by atoms with E-state index in [4.69, 9.17) is 0 Å². The van der Waals surface area contributed by atoms with Crippen molar-refractivity contribution in [2.45, 2.75) is 12.5 Å². The average molecular weight is 430 g/mol. The van der Waals surface area contributed by atoms with Crippen LogP contribution in [0.1, 0.15) is 28.6 Å². The first-order valence-electron chi connectivity index (χ1n) is 9.88. The van der Waals surface area contributed by atoms with Crippen molar-refractivity contribution in [3.05, 3.63) is 102 Å². The van der Waals surface area contributed by atoms with Gasteiger partial charge in [-0.1, -0.05) is 66.7 Å². The quantitative estimate of drug-likeness (QED) is 0.462. The molecule has 0 fully saturated rings. The molecular formula is C24H19FN4O3. The van der Waals surface area contributed by atoms with Gasteiger partial charge in [-0.15, -0.1) is 5.10 Å². The SMILES string of the molecule is O=C(O)CC(NC(=O)c1nc(-c2ccccc2)n(-c2ccccc2)n1)c1ccccc1F. The molecule has 0 spiro atoms. The van der Waals surface area contributed by atoms with Crippen LogP contribution >= 0.6 is 0 Å². The van der Waals surface area contributed by atoms with Gasteiger partial charge < -0.3 is 10.4 Å². The standard InChI is InChI=1S/C24H19FN4O3/c25-19-14-8-7-13-18(19)20(15-21(30)31)26-24(32)22-27-23(16-9-3-1-4-10-16)29(28-22)17-11-5-2-6-12-17/h1-14,20H,15H2,(H,26,32)(H,30,31). The van der Waals surface area contributed by atoms with E-state index in [2.05, 4.69) is 15.4 Å². The fraction of sp³-hybridized carbons (Fsp3) is 0.0833. The maximum atomic E-state index is 14.3. The molecule has 0 bridgehead atoms. The van der Waals surface area contributed by atoms with Crippen LogP contribution in [0.2, 0.25) is 0 Å². The number of hydrogen-bond acceptors (Lipinski definition) is 4. The van der Waals surface area contributed by atoms with Crippen molar-refractivity contribution in [2.24, 2.45) is 0 Å². The lowest BCUT2D eigenvalue weighted by Crippen LogP contribution is -2.31. The van der Waals surface area contributed by atoms with Crippen molar-refractivity contribution in [1.82, 2.24) is 20.1 Å². The van der Waals surface area contributed by atoms with Crippen molar-refractivity contribution in [2.75, 3.05) is 0 Å². The number of carboxylic acid groups (broad SMARTS) is 1. The molecule has 0 saturated carbocycles. The maximum Gasteiger partial charge on any atom is 0.305 e. The first-order chi connectivity index (χ1) is 15.5. The fourth-order valence-electron chi connectivity index (χ4n) is 3.33. The number of para-hydroxylation sites is 1. The van der Waals surface area contributed by atoms with Crippen LogP contribution < -0.4 is 5.32 Å². The molecule has 160 valence electrons. The Morgan fingerprint density at radius 1 is 0.938 bits per heavy atom. The second-order valence-electron chi connectivity index (χ2n) is 7.02. The summed E-state index contributed by atoms with van der Waals surface area (Å²) in [4.78, 5) is 28.7. The van der Waals surface area contributed by atoms with Crippen LogP contribution in [0.15, 0.2) is 84.9 Å². The highest BCUT2D eigenvalue weighted by molar-refractivity contribution is 5.91. The summed E-state index contributed by atoms with van der Waals surface area (Å²) in [7, 11) is 0. The van der Waals surface area contributed by atoms with Gasteiger partial charge in [-0.25, -0.2) is 14.1 Å². The fourth-order valence-corrected chi connectivity index (χ4v) is 3.33. The molecule has 4 aromatic rings. The summed E-state index contributed by atoms with van der Waals surface area (Å²) in [6.07, 6.45) is -0.488. The number of aliphatic carboxylic acids is 1. The summed E-state index contributed by atoms with van der Waals surface area (Å²) in [6.45, 7) is 0. The Kier molecular flexibility index (Phi) is 6.03. The lowest BCUT2D eigenvalue weighted by atomic mass is 10.0. The molecule has 7 nitrogen and oxygen atoms in total. The minimum Gasteiger partial charge on any atom is -0.481 e. The number of rotatable bonds is 7. The number of carbonyl (C=O) groups excluding carboxylic acids is 1. The number of benzene rings is 3. The number of nitrogens with zero attached hydrogens (tertiary/aromatic N) is 3. The zero-order valence-electron chi connectivity index (χ0n) is 16.9. The molecule has 2 N–H and O–H groups in total. The molecule has 1 amide bonds. The topological polar surface area (TPSA) is 97.1 Å². The predicted octanol–water partition coefficient (Wildman–Crippen LogP) is 4.02. The van der Waals surface area contributed by atoms with Crippen molar-refractivity contribution in [3.8, 4) is 17.1 Å². The molecule has 0 aliphatic carbocycles. The van der Waals surface area contributed by atoms with E-state index >= 15 is 0 Å². The Morgan fingerprint density at radius 2 is 1.56 bits per heavy atom. The van der Waals surface area contributed by atoms with E-state index in [1.807, 2.05) is 60.7 Å². The lowest BCUT2D eigenvalue weighted by Gasteiger charge is -2.17. The van der Waals surface area contributed by atoms with E-state index in [9.17, 15) is 19.1 Å². The largest absolute Gasteiger partial charge is 0.481 e. The minimum atomic E-state index is -1.17. The second kappa shape index (κ2) is 9.22. The third-order valence-electron chi connectivity index (χ3n) is 4.81. The van der Waals surface area contributed by atoms with E-state index in [0.29, 0.717) is 11.5 Å². The molecule has 0 aliphatic heterocycles. The number of hydrogen-bond donors (Lipinski definition) is 2. The van der Waals surface area contributed by atoms with Gasteiger partial charge in [0.05, 0.1) is 18.2 Å². The molecule has 1 aromatic heterocycles. The first kappa shape index (κ1) is 20.9. The molecule has 0 saturated heterocycles.